The molecule has 0 saturated carbocycles. The fraction of sp³-hybridized carbons (Fsp3) is 0.357. The summed E-state index contributed by atoms with van der Waals surface area (Å²) in [5, 5.41) is 0. The Labute approximate surface area is 104 Å². The molecule has 2 aliphatic rings. The molecule has 1 atom stereocenters. The molecule has 1 aromatic carbocycles. The highest BCUT2D eigenvalue weighted by Gasteiger charge is 2.36. The van der Waals surface area contributed by atoms with E-state index in [9.17, 15) is 13.6 Å². The first-order chi connectivity index (χ1) is 8.66. The van der Waals surface area contributed by atoms with Crippen LogP contribution in [0.3, 0.4) is 0 Å². The molecule has 2 heterocycles. The molecule has 2 aliphatic heterocycles. The molecule has 0 aromatic heterocycles. The SMILES string of the molecule is O=C1CCC=C2CC[C@@H](c3cc(F)ccc3F)N12. The molecule has 3 rings (SSSR count). The number of hydrogen-bond donors (Lipinski definition) is 0. The predicted octanol–water partition coefficient (Wildman–Crippen LogP) is 3.31. The molecular formula is C14H13F2NO. The molecule has 0 bridgehead atoms. The summed E-state index contributed by atoms with van der Waals surface area (Å²) in [6.07, 6.45) is 4.66. The lowest BCUT2D eigenvalue weighted by Gasteiger charge is -2.29. The van der Waals surface area contributed by atoms with Crippen LogP contribution in [0, 0.1) is 11.6 Å². The second-order valence-electron chi connectivity index (χ2n) is 4.72. The van der Waals surface area contributed by atoms with Gasteiger partial charge in [-0.1, -0.05) is 6.08 Å². The molecule has 0 spiro atoms. The number of carbonyl (C=O) groups is 1. The maximum atomic E-state index is 13.8. The topological polar surface area (TPSA) is 20.3 Å². The van der Waals surface area contributed by atoms with Gasteiger partial charge in [-0.3, -0.25) is 4.79 Å². The monoisotopic (exact) mass is 249 g/mol. The number of rotatable bonds is 1. The summed E-state index contributed by atoms with van der Waals surface area (Å²) in [4.78, 5) is 13.6. The van der Waals surface area contributed by atoms with E-state index >= 15 is 0 Å². The Bertz CT molecular complexity index is 539. The highest BCUT2D eigenvalue weighted by molar-refractivity contribution is 5.80. The predicted molar refractivity (Wildman–Crippen MR) is 62.5 cm³/mol. The Balaban J connectivity index is 2.02. The number of benzene rings is 1. The number of carbonyl (C=O) groups excluding carboxylic acids is 1. The Hall–Kier alpha value is -1.71. The van der Waals surface area contributed by atoms with E-state index in [-0.39, 0.29) is 17.5 Å². The van der Waals surface area contributed by atoms with E-state index in [4.69, 9.17) is 0 Å². The first-order valence-corrected chi connectivity index (χ1v) is 6.13. The van der Waals surface area contributed by atoms with E-state index < -0.39 is 11.6 Å². The molecule has 1 amide bonds. The zero-order valence-electron chi connectivity index (χ0n) is 9.83. The minimum Gasteiger partial charge on any atom is -0.309 e. The van der Waals surface area contributed by atoms with Crippen LogP contribution in [0.5, 0.6) is 0 Å². The standard InChI is InChI=1S/C14H13F2NO/c15-9-4-6-12(16)11(8-9)13-7-5-10-2-1-3-14(18)17(10)13/h2,4,6,8,13H,1,3,5,7H2/t13-/m0/s1. The molecule has 0 aliphatic carbocycles. The zero-order valence-corrected chi connectivity index (χ0v) is 9.83. The average Bonchev–Trinajstić information content (AvgIpc) is 2.77. The van der Waals surface area contributed by atoms with E-state index in [1.807, 2.05) is 6.08 Å². The van der Waals surface area contributed by atoms with Gasteiger partial charge in [-0.25, -0.2) is 8.78 Å². The largest absolute Gasteiger partial charge is 0.309 e. The summed E-state index contributed by atoms with van der Waals surface area (Å²) in [5.74, 6) is -0.895. The van der Waals surface area contributed by atoms with Gasteiger partial charge in [0.2, 0.25) is 5.91 Å². The van der Waals surface area contributed by atoms with Crippen molar-refractivity contribution in [3.05, 3.63) is 47.2 Å². The van der Waals surface area contributed by atoms with Crippen LogP contribution >= 0.6 is 0 Å². The number of hydrogen-bond acceptors (Lipinski definition) is 1. The van der Waals surface area contributed by atoms with Crippen LogP contribution in [-0.2, 0) is 4.79 Å². The van der Waals surface area contributed by atoms with Crippen molar-refractivity contribution in [2.45, 2.75) is 31.7 Å². The van der Waals surface area contributed by atoms with E-state index in [0.29, 0.717) is 12.8 Å². The van der Waals surface area contributed by atoms with Gasteiger partial charge in [-0.05, 0) is 37.5 Å². The van der Waals surface area contributed by atoms with Crippen LogP contribution in [0.25, 0.3) is 0 Å². The lowest BCUT2D eigenvalue weighted by molar-refractivity contribution is -0.131. The van der Waals surface area contributed by atoms with Crippen LogP contribution in [0.2, 0.25) is 0 Å². The van der Waals surface area contributed by atoms with Crippen molar-refractivity contribution in [1.82, 2.24) is 4.90 Å². The van der Waals surface area contributed by atoms with Crippen molar-refractivity contribution in [2.75, 3.05) is 0 Å². The van der Waals surface area contributed by atoms with Crippen LogP contribution in [0.4, 0.5) is 8.78 Å². The Morgan fingerprint density at radius 1 is 1.22 bits per heavy atom. The van der Waals surface area contributed by atoms with Gasteiger partial charge in [0.15, 0.2) is 0 Å². The third-order valence-electron chi connectivity index (χ3n) is 3.62. The summed E-state index contributed by atoms with van der Waals surface area (Å²) in [6.45, 7) is 0. The summed E-state index contributed by atoms with van der Waals surface area (Å²) >= 11 is 0. The highest BCUT2D eigenvalue weighted by atomic mass is 19.1. The van der Waals surface area contributed by atoms with Crippen molar-refractivity contribution in [3.63, 3.8) is 0 Å². The number of amides is 1. The molecule has 2 nitrogen and oxygen atoms in total. The van der Waals surface area contributed by atoms with Crippen LogP contribution in [0.1, 0.15) is 37.3 Å². The van der Waals surface area contributed by atoms with Gasteiger partial charge in [0, 0.05) is 17.7 Å². The lowest BCUT2D eigenvalue weighted by atomic mass is 10.0. The Kier molecular flexibility index (Phi) is 2.65. The second-order valence-corrected chi connectivity index (χ2v) is 4.72. The third-order valence-corrected chi connectivity index (χ3v) is 3.62. The quantitative estimate of drug-likeness (QED) is 0.747. The first kappa shape index (κ1) is 11.4. The molecule has 0 N–H and O–H groups in total. The molecule has 4 heteroatoms. The van der Waals surface area contributed by atoms with Gasteiger partial charge in [0.25, 0.3) is 0 Å². The average molecular weight is 249 g/mol. The van der Waals surface area contributed by atoms with Gasteiger partial charge in [0.05, 0.1) is 6.04 Å². The van der Waals surface area contributed by atoms with Crippen molar-refractivity contribution in [1.29, 1.82) is 0 Å². The third kappa shape index (κ3) is 1.72. The highest BCUT2D eigenvalue weighted by Crippen LogP contribution is 2.41. The normalized spacial score (nSPS) is 23.0. The minimum atomic E-state index is -0.465. The van der Waals surface area contributed by atoms with E-state index in [1.165, 1.54) is 6.07 Å². The number of allylic oxidation sites excluding steroid dienone is 2. The van der Waals surface area contributed by atoms with Crippen molar-refractivity contribution in [2.24, 2.45) is 0 Å². The maximum Gasteiger partial charge on any atom is 0.227 e. The Morgan fingerprint density at radius 2 is 2.06 bits per heavy atom. The summed E-state index contributed by atoms with van der Waals surface area (Å²) in [6, 6.07) is 3.08. The minimum absolute atomic E-state index is 0.0126. The van der Waals surface area contributed by atoms with Crippen LogP contribution in [-0.4, -0.2) is 10.8 Å². The van der Waals surface area contributed by atoms with E-state index in [2.05, 4.69) is 0 Å². The summed E-state index contributed by atoms with van der Waals surface area (Å²) in [5.41, 5.74) is 1.24. The number of fused-ring (bicyclic) bond motifs is 1. The molecule has 18 heavy (non-hydrogen) atoms. The second kappa shape index (κ2) is 4.19. The van der Waals surface area contributed by atoms with Gasteiger partial charge in [0.1, 0.15) is 11.6 Å². The molecule has 0 unspecified atom stereocenters. The van der Waals surface area contributed by atoms with Crippen molar-refractivity contribution >= 4 is 5.91 Å². The molecule has 0 radical (unpaired) electrons. The summed E-state index contributed by atoms with van der Waals surface area (Å²) in [7, 11) is 0. The molecular weight excluding hydrogens is 236 g/mol. The van der Waals surface area contributed by atoms with Gasteiger partial charge >= 0.3 is 0 Å². The number of nitrogens with zero attached hydrogens (tertiary/aromatic N) is 1. The number of halogens is 2. The smallest absolute Gasteiger partial charge is 0.227 e. The first-order valence-electron chi connectivity index (χ1n) is 6.13. The maximum absolute atomic E-state index is 13.8. The van der Waals surface area contributed by atoms with E-state index in [1.54, 1.807) is 4.90 Å². The molecule has 1 fully saturated rings. The van der Waals surface area contributed by atoms with Crippen molar-refractivity contribution < 1.29 is 13.6 Å². The zero-order chi connectivity index (χ0) is 12.7. The van der Waals surface area contributed by atoms with E-state index in [0.717, 1.165) is 30.7 Å². The lowest BCUT2D eigenvalue weighted by Crippen LogP contribution is -2.31. The van der Waals surface area contributed by atoms with Crippen molar-refractivity contribution in [3.8, 4) is 0 Å². The van der Waals surface area contributed by atoms with Gasteiger partial charge in [-0.2, -0.15) is 0 Å². The molecule has 1 aromatic rings. The summed E-state index contributed by atoms with van der Waals surface area (Å²) < 4.78 is 27.0. The van der Waals surface area contributed by atoms with Crippen LogP contribution in [0.15, 0.2) is 30.0 Å². The Morgan fingerprint density at radius 3 is 2.89 bits per heavy atom. The fourth-order valence-corrected chi connectivity index (χ4v) is 2.82. The van der Waals surface area contributed by atoms with Gasteiger partial charge in [-0.15, -0.1) is 0 Å². The fourth-order valence-electron chi connectivity index (χ4n) is 2.82. The molecule has 1 saturated heterocycles. The van der Waals surface area contributed by atoms with Crippen LogP contribution < -0.4 is 0 Å². The molecule has 94 valence electrons. The van der Waals surface area contributed by atoms with Gasteiger partial charge < -0.3 is 4.90 Å².